The van der Waals surface area contributed by atoms with Crippen LogP contribution in [0.15, 0.2) is 23.2 Å². The quantitative estimate of drug-likeness (QED) is 0.605. The molecule has 0 aromatic carbocycles. The van der Waals surface area contributed by atoms with Crippen LogP contribution in [0, 0.1) is 5.41 Å². The van der Waals surface area contributed by atoms with Gasteiger partial charge in [-0.15, -0.1) is 0 Å². The molecule has 0 radical (unpaired) electrons. The first-order valence-corrected chi connectivity index (χ1v) is 5.49. The third kappa shape index (κ3) is 2.29. The molecular formula is C12H16N4O. The molecule has 0 atom stereocenters. The van der Waals surface area contributed by atoms with Crippen molar-refractivity contribution in [2.45, 2.75) is 6.42 Å². The Hall–Kier alpha value is -1.88. The van der Waals surface area contributed by atoms with Gasteiger partial charge in [0.2, 0.25) is 0 Å². The first-order valence-electron chi connectivity index (χ1n) is 5.49. The van der Waals surface area contributed by atoms with E-state index in [0.717, 1.165) is 30.8 Å². The van der Waals surface area contributed by atoms with E-state index in [1.54, 1.807) is 0 Å². The molecule has 0 spiro atoms. The van der Waals surface area contributed by atoms with Gasteiger partial charge in [-0.1, -0.05) is 6.08 Å². The van der Waals surface area contributed by atoms with Crippen molar-refractivity contribution in [1.82, 2.24) is 4.57 Å². The molecule has 5 nitrogen and oxygen atoms in total. The van der Waals surface area contributed by atoms with Gasteiger partial charge in [-0.2, -0.15) is 0 Å². The van der Waals surface area contributed by atoms with Crippen LogP contribution in [0.2, 0.25) is 0 Å². The Labute approximate surface area is 100 Å². The van der Waals surface area contributed by atoms with E-state index in [-0.39, 0.29) is 0 Å². The maximum atomic E-state index is 6.93. The molecule has 5 heteroatoms. The number of nitrogens with zero attached hydrogens (tertiary/aromatic N) is 2. The first kappa shape index (κ1) is 11.6. The van der Waals surface area contributed by atoms with Crippen molar-refractivity contribution in [2.75, 3.05) is 13.2 Å². The Balaban J connectivity index is 2.35. The van der Waals surface area contributed by atoms with Gasteiger partial charge in [-0.25, -0.2) is 4.99 Å². The van der Waals surface area contributed by atoms with Crippen LogP contribution >= 0.6 is 0 Å². The van der Waals surface area contributed by atoms with Gasteiger partial charge in [0, 0.05) is 12.7 Å². The lowest BCUT2D eigenvalue weighted by atomic mass is 10.1. The lowest BCUT2D eigenvalue weighted by molar-refractivity contribution is 0.161. The largest absolute Gasteiger partial charge is 0.382 e. The fraction of sp³-hybridized carbons (Fsp3) is 0.333. The van der Waals surface area contributed by atoms with Crippen molar-refractivity contribution in [1.29, 1.82) is 5.41 Å². The minimum absolute atomic E-state index is 0.362. The lowest BCUT2D eigenvalue weighted by Gasteiger charge is -2.15. The zero-order chi connectivity index (χ0) is 12.3. The SMILES string of the molecule is Cn1c(C2=CCOCC2)ccc1C(N)=NC=N. The van der Waals surface area contributed by atoms with E-state index >= 15 is 0 Å². The van der Waals surface area contributed by atoms with Gasteiger partial charge in [0.1, 0.15) is 12.2 Å². The molecule has 2 rings (SSSR count). The molecule has 0 bridgehead atoms. The number of hydrogen-bond donors (Lipinski definition) is 2. The van der Waals surface area contributed by atoms with E-state index in [2.05, 4.69) is 11.1 Å². The third-order valence-corrected chi connectivity index (χ3v) is 2.88. The van der Waals surface area contributed by atoms with Crippen molar-refractivity contribution in [3.63, 3.8) is 0 Å². The fourth-order valence-corrected chi connectivity index (χ4v) is 1.99. The highest BCUT2D eigenvalue weighted by molar-refractivity contribution is 6.00. The standard InChI is InChI=1S/C12H16N4O/c1-16-10(9-4-6-17-7-5-9)2-3-11(16)12(14)15-8-13/h2-4,8H,5-7H2,1H3,(H3,13,14,15). The molecule has 90 valence electrons. The summed E-state index contributed by atoms with van der Waals surface area (Å²) in [4.78, 5) is 3.79. The molecule has 0 saturated heterocycles. The number of hydrogen-bond acceptors (Lipinski definition) is 2. The Morgan fingerprint density at radius 1 is 1.59 bits per heavy atom. The maximum absolute atomic E-state index is 6.93. The molecule has 17 heavy (non-hydrogen) atoms. The summed E-state index contributed by atoms with van der Waals surface area (Å²) in [5.41, 5.74) is 9.01. The number of nitrogens with one attached hydrogen (secondary N) is 1. The van der Waals surface area contributed by atoms with Crippen LogP contribution in [-0.2, 0) is 11.8 Å². The van der Waals surface area contributed by atoms with Crippen LogP contribution in [0.4, 0.5) is 0 Å². The molecule has 0 unspecified atom stereocenters. The predicted octanol–water partition coefficient (Wildman–Crippen LogP) is 1.14. The number of rotatable bonds is 3. The molecule has 2 heterocycles. The van der Waals surface area contributed by atoms with Gasteiger partial charge in [0.05, 0.1) is 18.9 Å². The van der Waals surface area contributed by atoms with E-state index < -0.39 is 0 Å². The average molecular weight is 232 g/mol. The smallest absolute Gasteiger partial charge is 0.149 e. The van der Waals surface area contributed by atoms with Gasteiger partial charge < -0.3 is 15.0 Å². The zero-order valence-electron chi connectivity index (χ0n) is 9.81. The highest BCUT2D eigenvalue weighted by atomic mass is 16.5. The Bertz CT molecular complexity index is 485. The van der Waals surface area contributed by atoms with Crippen LogP contribution in [0.1, 0.15) is 17.8 Å². The first-order chi connectivity index (χ1) is 8.24. The number of aromatic nitrogens is 1. The van der Waals surface area contributed by atoms with Crippen molar-refractivity contribution >= 4 is 17.7 Å². The highest BCUT2D eigenvalue weighted by Gasteiger charge is 2.13. The van der Waals surface area contributed by atoms with E-state index in [1.165, 1.54) is 5.57 Å². The Morgan fingerprint density at radius 3 is 3.06 bits per heavy atom. The molecular weight excluding hydrogens is 216 g/mol. The van der Waals surface area contributed by atoms with Crippen LogP contribution < -0.4 is 5.73 Å². The summed E-state index contributed by atoms with van der Waals surface area (Å²) in [5, 5.41) is 6.93. The van der Waals surface area contributed by atoms with Gasteiger partial charge in [-0.05, 0) is 24.1 Å². The van der Waals surface area contributed by atoms with Crippen LogP contribution in [0.5, 0.6) is 0 Å². The zero-order valence-corrected chi connectivity index (χ0v) is 9.81. The normalized spacial score (nSPS) is 16.8. The summed E-state index contributed by atoms with van der Waals surface area (Å²) in [6, 6.07) is 3.95. The van der Waals surface area contributed by atoms with Crippen LogP contribution in [0.3, 0.4) is 0 Å². The van der Waals surface area contributed by atoms with Crippen molar-refractivity contribution < 1.29 is 4.74 Å². The molecule has 0 fully saturated rings. The summed E-state index contributed by atoms with van der Waals surface area (Å²) in [7, 11) is 1.95. The monoisotopic (exact) mass is 232 g/mol. The van der Waals surface area contributed by atoms with E-state index in [0.29, 0.717) is 12.4 Å². The molecule has 1 aromatic rings. The topological polar surface area (TPSA) is 76.4 Å². The molecule has 0 amide bonds. The molecule has 1 aromatic heterocycles. The van der Waals surface area contributed by atoms with Crippen molar-refractivity contribution in [3.8, 4) is 0 Å². The summed E-state index contributed by atoms with van der Waals surface area (Å²) in [6.45, 7) is 1.43. The van der Waals surface area contributed by atoms with Gasteiger partial charge in [0.15, 0.2) is 0 Å². The molecule has 0 aliphatic carbocycles. The fourth-order valence-electron chi connectivity index (χ4n) is 1.99. The minimum atomic E-state index is 0.362. The van der Waals surface area contributed by atoms with Gasteiger partial charge in [0.25, 0.3) is 0 Å². The maximum Gasteiger partial charge on any atom is 0.149 e. The second kappa shape index (κ2) is 4.97. The number of aliphatic imine (C=N–C) groups is 1. The molecule has 0 saturated carbocycles. The van der Waals surface area contributed by atoms with Crippen LogP contribution in [0.25, 0.3) is 5.57 Å². The molecule has 1 aliphatic rings. The predicted molar refractivity (Wildman–Crippen MR) is 68.3 cm³/mol. The minimum Gasteiger partial charge on any atom is -0.382 e. The number of amidine groups is 1. The summed E-state index contributed by atoms with van der Waals surface area (Å²) in [6.07, 6.45) is 3.96. The molecule has 1 aliphatic heterocycles. The average Bonchev–Trinajstić information content (AvgIpc) is 2.72. The summed E-state index contributed by atoms with van der Waals surface area (Å²) < 4.78 is 7.29. The summed E-state index contributed by atoms with van der Waals surface area (Å²) in [5.74, 6) is 0.362. The van der Waals surface area contributed by atoms with Crippen molar-refractivity contribution in [2.24, 2.45) is 17.8 Å². The van der Waals surface area contributed by atoms with Gasteiger partial charge in [-0.3, -0.25) is 5.41 Å². The molecule has 3 N–H and O–H groups in total. The highest BCUT2D eigenvalue weighted by Crippen LogP contribution is 2.22. The van der Waals surface area contributed by atoms with E-state index in [9.17, 15) is 0 Å². The van der Waals surface area contributed by atoms with E-state index in [4.69, 9.17) is 15.9 Å². The lowest BCUT2D eigenvalue weighted by Crippen LogP contribution is -2.18. The Morgan fingerprint density at radius 2 is 2.41 bits per heavy atom. The van der Waals surface area contributed by atoms with Crippen molar-refractivity contribution in [3.05, 3.63) is 29.6 Å². The third-order valence-electron chi connectivity index (χ3n) is 2.88. The number of ether oxygens (including phenoxy) is 1. The van der Waals surface area contributed by atoms with E-state index in [1.807, 2.05) is 23.7 Å². The second-order valence-electron chi connectivity index (χ2n) is 3.86. The van der Waals surface area contributed by atoms with Gasteiger partial charge >= 0.3 is 0 Å². The second-order valence-corrected chi connectivity index (χ2v) is 3.86. The number of nitrogens with two attached hydrogens (primary N) is 1. The van der Waals surface area contributed by atoms with Crippen LogP contribution in [-0.4, -0.2) is 30.0 Å². The summed E-state index contributed by atoms with van der Waals surface area (Å²) >= 11 is 0. The Kier molecular flexibility index (Phi) is 3.39.